The Kier molecular flexibility index (Phi) is 5.98. The molecule has 0 amide bonds. The molecule has 0 aliphatic rings. The highest BCUT2D eigenvalue weighted by atomic mass is 79.9. The summed E-state index contributed by atoms with van der Waals surface area (Å²) < 4.78 is 7.38. The summed E-state index contributed by atoms with van der Waals surface area (Å²) >= 11 is 3.54. The molecule has 5 heteroatoms. The van der Waals surface area contributed by atoms with E-state index in [0.29, 0.717) is 0 Å². The maximum atomic E-state index is 5.42. The standard InChI is InChI=1S/C12H22BrN3O/c1-5-16(7-8-17-6-2)12-11(9-13)10(3)14-15(12)4/h5-9H2,1-4H3. The summed E-state index contributed by atoms with van der Waals surface area (Å²) in [5.41, 5.74) is 2.36. The zero-order valence-corrected chi connectivity index (χ0v) is 12.7. The summed E-state index contributed by atoms with van der Waals surface area (Å²) in [6, 6.07) is 0. The van der Waals surface area contributed by atoms with Gasteiger partial charge < -0.3 is 9.64 Å². The third-order valence-corrected chi connectivity index (χ3v) is 3.40. The maximum absolute atomic E-state index is 5.42. The zero-order valence-electron chi connectivity index (χ0n) is 11.2. The molecule has 4 nitrogen and oxygen atoms in total. The minimum Gasteiger partial charge on any atom is -0.380 e. The van der Waals surface area contributed by atoms with Gasteiger partial charge >= 0.3 is 0 Å². The molecule has 1 aromatic rings. The largest absolute Gasteiger partial charge is 0.380 e. The van der Waals surface area contributed by atoms with Crippen molar-refractivity contribution in [2.24, 2.45) is 7.05 Å². The number of aryl methyl sites for hydroxylation is 2. The van der Waals surface area contributed by atoms with Crippen molar-refractivity contribution >= 4 is 21.7 Å². The van der Waals surface area contributed by atoms with Crippen LogP contribution in [0.4, 0.5) is 5.82 Å². The van der Waals surface area contributed by atoms with Crippen LogP contribution in [0.2, 0.25) is 0 Å². The molecule has 1 heterocycles. The van der Waals surface area contributed by atoms with E-state index in [1.165, 1.54) is 11.4 Å². The Labute approximate surface area is 112 Å². The number of hydrogen-bond donors (Lipinski definition) is 0. The van der Waals surface area contributed by atoms with Gasteiger partial charge in [0, 0.05) is 37.6 Å². The van der Waals surface area contributed by atoms with Crippen molar-refractivity contribution in [3.63, 3.8) is 0 Å². The number of alkyl halides is 1. The highest BCUT2D eigenvalue weighted by molar-refractivity contribution is 9.08. The van der Waals surface area contributed by atoms with E-state index in [0.717, 1.165) is 37.3 Å². The summed E-state index contributed by atoms with van der Waals surface area (Å²) in [7, 11) is 2.00. The number of likely N-dealkylation sites (N-methyl/N-ethyl adjacent to an activating group) is 1. The normalized spacial score (nSPS) is 10.9. The van der Waals surface area contributed by atoms with Crippen molar-refractivity contribution in [1.29, 1.82) is 0 Å². The topological polar surface area (TPSA) is 30.3 Å². The predicted octanol–water partition coefficient (Wildman–Crippen LogP) is 2.49. The molecule has 0 saturated heterocycles. The van der Waals surface area contributed by atoms with Gasteiger partial charge in [0.05, 0.1) is 12.3 Å². The molecule has 0 aromatic carbocycles. The van der Waals surface area contributed by atoms with Crippen molar-refractivity contribution in [2.75, 3.05) is 31.2 Å². The van der Waals surface area contributed by atoms with Crippen LogP contribution in [0.5, 0.6) is 0 Å². The Morgan fingerprint density at radius 2 is 2.12 bits per heavy atom. The fourth-order valence-corrected chi connectivity index (χ4v) is 2.63. The average Bonchev–Trinajstić information content (AvgIpc) is 2.59. The number of hydrogen-bond acceptors (Lipinski definition) is 3. The molecule has 0 bridgehead atoms. The van der Waals surface area contributed by atoms with Crippen molar-refractivity contribution < 1.29 is 4.74 Å². The predicted molar refractivity (Wildman–Crippen MR) is 75.0 cm³/mol. The highest BCUT2D eigenvalue weighted by Gasteiger charge is 2.17. The van der Waals surface area contributed by atoms with Crippen molar-refractivity contribution in [3.8, 4) is 0 Å². The first-order valence-electron chi connectivity index (χ1n) is 6.06. The Hall–Kier alpha value is -0.550. The van der Waals surface area contributed by atoms with E-state index in [2.05, 4.69) is 39.8 Å². The Balaban J connectivity index is 2.86. The van der Waals surface area contributed by atoms with Crippen LogP contribution >= 0.6 is 15.9 Å². The first-order chi connectivity index (χ1) is 8.15. The van der Waals surface area contributed by atoms with Gasteiger partial charge in [-0.05, 0) is 20.8 Å². The number of halogens is 1. The monoisotopic (exact) mass is 303 g/mol. The van der Waals surface area contributed by atoms with Crippen molar-refractivity contribution in [1.82, 2.24) is 9.78 Å². The van der Waals surface area contributed by atoms with E-state index >= 15 is 0 Å². The first kappa shape index (κ1) is 14.5. The lowest BCUT2D eigenvalue weighted by Gasteiger charge is -2.24. The van der Waals surface area contributed by atoms with Gasteiger partial charge in [0.25, 0.3) is 0 Å². The summed E-state index contributed by atoms with van der Waals surface area (Å²) in [6.07, 6.45) is 0. The van der Waals surface area contributed by atoms with E-state index < -0.39 is 0 Å². The number of aromatic nitrogens is 2. The van der Waals surface area contributed by atoms with Crippen LogP contribution in [0.25, 0.3) is 0 Å². The average molecular weight is 304 g/mol. The van der Waals surface area contributed by atoms with Crippen LogP contribution < -0.4 is 4.90 Å². The van der Waals surface area contributed by atoms with E-state index in [1.807, 2.05) is 18.7 Å². The molecule has 0 aliphatic carbocycles. The van der Waals surface area contributed by atoms with Crippen LogP contribution in [0.15, 0.2) is 0 Å². The molecule has 0 N–H and O–H groups in total. The van der Waals surface area contributed by atoms with Gasteiger partial charge in [-0.2, -0.15) is 5.10 Å². The fraction of sp³-hybridized carbons (Fsp3) is 0.750. The summed E-state index contributed by atoms with van der Waals surface area (Å²) in [5, 5.41) is 5.32. The van der Waals surface area contributed by atoms with E-state index in [4.69, 9.17) is 4.74 Å². The zero-order chi connectivity index (χ0) is 12.8. The summed E-state index contributed by atoms with van der Waals surface area (Å²) in [6.45, 7) is 9.64. The molecule has 0 fully saturated rings. The van der Waals surface area contributed by atoms with Gasteiger partial charge in [0.1, 0.15) is 5.82 Å². The fourth-order valence-electron chi connectivity index (χ4n) is 1.97. The third-order valence-electron chi connectivity index (χ3n) is 2.84. The number of nitrogens with zero attached hydrogens (tertiary/aromatic N) is 3. The summed E-state index contributed by atoms with van der Waals surface area (Å²) in [5.74, 6) is 1.20. The van der Waals surface area contributed by atoms with Crippen LogP contribution in [0.1, 0.15) is 25.1 Å². The molecule has 0 radical (unpaired) electrons. The maximum Gasteiger partial charge on any atom is 0.130 e. The van der Waals surface area contributed by atoms with Gasteiger partial charge in [-0.3, -0.25) is 4.68 Å². The SMILES string of the molecule is CCOCCN(CC)c1c(CBr)c(C)nn1C. The molecule has 0 aliphatic heterocycles. The van der Waals surface area contributed by atoms with Gasteiger partial charge in [-0.15, -0.1) is 0 Å². The molecule has 17 heavy (non-hydrogen) atoms. The van der Waals surface area contributed by atoms with Crippen molar-refractivity contribution in [2.45, 2.75) is 26.1 Å². The quantitative estimate of drug-likeness (QED) is 0.573. The minimum atomic E-state index is 0.760. The molecular formula is C12H22BrN3O. The van der Waals surface area contributed by atoms with Gasteiger partial charge in [0.2, 0.25) is 0 Å². The molecule has 0 atom stereocenters. The lowest BCUT2D eigenvalue weighted by atomic mass is 10.2. The van der Waals surface area contributed by atoms with Gasteiger partial charge in [-0.25, -0.2) is 0 Å². The lowest BCUT2D eigenvalue weighted by Crippen LogP contribution is -2.29. The van der Waals surface area contributed by atoms with Crippen LogP contribution in [-0.2, 0) is 17.1 Å². The number of ether oxygens (including phenoxy) is 1. The van der Waals surface area contributed by atoms with E-state index in [1.54, 1.807) is 0 Å². The third kappa shape index (κ3) is 3.45. The van der Waals surface area contributed by atoms with Crippen molar-refractivity contribution in [3.05, 3.63) is 11.3 Å². The minimum absolute atomic E-state index is 0.760. The second-order valence-corrected chi connectivity index (χ2v) is 4.48. The Morgan fingerprint density at radius 3 is 2.65 bits per heavy atom. The molecule has 0 saturated carbocycles. The lowest BCUT2D eigenvalue weighted by molar-refractivity contribution is 0.153. The van der Waals surface area contributed by atoms with Crippen LogP contribution in [-0.4, -0.2) is 36.1 Å². The summed E-state index contributed by atoms with van der Waals surface area (Å²) in [4.78, 5) is 2.31. The molecular weight excluding hydrogens is 282 g/mol. The number of anilines is 1. The molecule has 1 rings (SSSR count). The number of rotatable bonds is 7. The Bertz CT molecular complexity index is 352. The molecule has 98 valence electrons. The highest BCUT2D eigenvalue weighted by Crippen LogP contribution is 2.25. The smallest absolute Gasteiger partial charge is 0.130 e. The van der Waals surface area contributed by atoms with Crippen LogP contribution in [0, 0.1) is 6.92 Å². The van der Waals surface area contributed by atoms with Crippen LogP contribution in [0.3, 0.4) is 0 Å². The second-order valence-electron chi connectivity index (χ2n) is 3.92. The second kappa shape index (κ2) is 7.01. The van der Waals surface area contributed by atoms with Gasteiger partial charge in [-0.1, -0.05) is 15.9 Å². The van der Waals surface area contributed by atoms with E-state index in [9.17, 15) is 0 Å². The molecule has 1 aromatic heterocycles. The molecule has 0 unspecified atom stereocenters. The van der Waals surface area contributed by atoms with Gasteiger partial charge in [0.15, 0.2) is 0 Å². The molecule has 0 spiro atoms. The van der Waals surface area contributed by atoms with E-state index in [-0.39, 0.29) is 0 Å². The first-order valence-corrected chi connectivity index (χ1v) is 7.18. The Morgan fingerprint density at radius 1 is 1.41 bits per heavy atom.